The lowest BCUT2D eigenvalue weighted by molar-refractivity contribution is 0.306. The molecular formula is C28H20FNO2. The number of hydrogen-bond acceptors (Lipinski definition) is 3. The number of rotatable bonds is 6. The van der Waals surface area contributed by atoms with E-state index in [1.165, 1.54) is 12.1 Å². The summed E-state index contributed by atoms with van der Waals surface area (Å²) in [6.45, 7) is 0.484. The second-order valence-electron chi connectivity index (χ2n) is 7.38. The van der Waals surface area contributed by atoms with Crippen LogP contribution < -0.4 is 4.74 Å². The molecule has 156 valence electrons. The van der Waals surface area contributed by atoms with Gasteiger partial charge in [-0.15, -0.1) is 0 Å². The first-order valence-electron chi connectivity index (χ1n) is 10.3. The number of furan rings is 1. The number of halogens is 1. The minimum atomic E-state index is -0.286. The van der Waals surface area contributed by atoms with Crippen molar-refractivity contribution in [1.29, 1.82) is 0 Å². The average molecular weight is 421 g/mol. The van der Waals surface area contributed by atoms with E-state index in [9.17, 15) is 4.39 Å². The Morgan fingerprint density at radius 3 is 2.28 bits per heavy atom. The van der Waals surface area contributed by atoms with Crippen LogP contribution in [0.2, 0.25) is 0 Å². The van der Waals surface area contributed by atoms with Crippen molar-refractivity contribution in [3.63, 3.8) is 0 Å². The third-order valence-electron chi connectivity index (χ3n) is 5.15. The average Bonchev–Trinajstić information content (AvgIpc) is 3.21. The van der Waals surface area contributed by atoms with Gasteiger partial charge in [-0.25, -0.2) is 4.39 Å². The highest BCUT2D eigenvalue weighted by Crippen LogP contribution is 2.35. The van der Waals surface area contributed by atoms with Crippen LogP contribution in [0.4, 0.5) is 10.1 Å². The van der Waals surface area contributed by atoms with E-state index in [2.05, 4.69) is 4.99 Å². The topological polar surface area (TPSA) is 34.7 Å². The molecule has 0 aliphatic carbocycles. The summed E-state index contributed by atoms with van der Waals surface area (Å²) in [6.07, 6.45) is 1.77. The Bertz CT molecular complexity index is 1360. The van der Waals surface area contributed by atoms with Gasteiger partial charge in [-0.3, -0.25) is 4.99 Å². The molecule has 0 radical (unpaired) electrons. The summed E-state index contributed by atoms with van der Waals surface area (Å²) in [4.78, 5) is 4.54. The standard InChI is InChI=1S/C28H20FNO2/c29-22-11-13-23(14-12-22)30-18-26-25-16-15-24(31-19-20-7-3-1-4-8-20)17-27(25)32-28(26)21-9-5-2-6-10-21/h1-18H,19H2. The van der Waals surface area contributed by atoms with Gasteiger partial charge in [0.15, 0.2) is 0 Å². The first kappa shape index (κ1) is 19.8. The lowest BCUT2D eigenvalue weighted by atomic mass is 10.1. The molecular weight excluding hydrogens is 401 g/mol. The first-order chi connectivity index (χ1) is 15.8. The van der Waals surface area contributed by atoms with Crippen LogP contribution in [-0.2, 0) is 6.61 Å². The zero-order chi connectivity index (χ0) is 21.8. The SMILES string of the molecule is Fc1ccc(N=Cc2c(-c3ccccc3)oc3cc(OCc4ccccc4)ccc23)cc1. The van der Waals surface area contributed by atoms with Crippen molar-refractivity contribution in [1.82, 2.24) is 0 Å². The zero-order valence-electron chi connectivity index (χ0n) is 17.2. The molecule has 0 aliphatic heterocycles. The van der Waals surface area contributed by atoms with Crippen LogP contribution in [0.1, 0.15) is 11.1 Å². The predicted molar refractivity (Wildman–Crippen MR) is 126 cm³/mol. The molecule has 0 atom stereocenters. The highest BCUT2D eigenvalue weighted by Gasteiger charge is 2.15. The van der Waals surface area contributed by atoms with Gasteiger partial charge in [0.2, 0.25) is 0 Å². The molecule has 3 nitrogen and oxygen atoms in total. The molecule has 5 aromatic rings. The summed E-state index contributed by atoms with van der Waals surface area (Å²) in [5.74, 6) is 1.18. The normalized spacial score (nSPS) is 11.3. The van der Waals surface area contributed by atoms with E-state index >= 15 is 0 Å². The summed E-state index contributed by atoms with van der Waals surface area (Å²) in [6, 6.07) is 31.8. The zero-order valence-corrected chi connectivity index (χ0v) is 17.2. The van der Waals surface area contributed by atoms with Crippen molar-refractivity contribution in [3.8, 4) is 17.1 Å². The van der Waals surface area contributed by atoms with Gasteiger partial charge in [-0.2, -0.15) is 0 Å². The molecule has 0 aliphatic rings. The summed E-state index contributed by atoms with van der Waals surface area (Å²) in [5.41, 5.74) is 4.31. The molecule has 0 N–H and O–H groups in total. The molecule has 0 unspecified atom stereocenters. The van der Waals surface area contributed by atoms with E-state index in [0.717, 1.165) is 39.2 Å². The van der Waals surface area contributed by atoms with E-state index in [1.54, 1.807) is 18.3 Å². The van der Waals surface area contributed by atoms with Gasteiger partial charge in [0.1, 0.15) is 29.5 Å². The number of ether oxygens (including phenoxy) is 1. The molecule has 4 heteroatoms. The molecule has 0 bridgehead atoms. The van der Waals surface area contributed by atoms with Crippen molar-refractivity contribution in [2.45, 2.75) is 6.61 Å². The monoisotopic (exact) mass is 421 g/mol. The van der Waals surface area contributed by atoms with Gasteiger partial charge in [0, 0.05) is 28.8 Å². The Kier molecular flexibility index (Phi) is 5.50. The van der Waals surface area contributed by atoms with Crippen molar-refractivity contribution >= 4 is 22.9 Å². The fourth-order valence-electron chi connectivity index (χ4n) is 3.53. The van der Waals surface area contributed by atoms with Gasteiger partial charge in [0.05, 0.1) is 5.69 Å². The van der Waals surface area contributed by atoms with Crippen molar-refractivity contribution < 1.29 is 13.5 Å². The Balaban J connectivity index is 1.52. The molecule has 0 spiro atoms. The smallest absolute Gasteiger partial charge is 0.144 e. The molecule has 1 heterocycles. The Morgan fingerprint density at radius 1 is 0.812 bits per heavy atom. The molecule has 0 saturated carbocycles. The predicted octanol–water partition coefficient (Wildman–Crippen LogP) is 7.57. The molecule has 0 amide bonds. The van der Waals surface area contributed by atoms with Crippen LogP contribution >= 0.6 is 0 Å². The lowest BCUT2D eigenvalue weighted by Crippen LogP contribution is -1.94. The highest BCUT2D eigenvalue weighted by molar-refractivity contribution is 6.05. The third-order valence-corrected chi connectivity index (χ3v) is 5.15. The number of hydrogen-bond donors (Lipinski definition) is 0. The Morgan fingerprint density at radius 2 is 1.53 bits per heavy atom. The quantitative estimate of drug-likeness (QED) is 0.265. The summed E-state index contributed by atoms with van der Waals surface area (Å²) in [7, 11) is 0. The van der Waals surface area contributed by atoms with Crippen LogP contribution in [-0.4, -0.2) is 6.21 Å². The van der Waals surface area contributed by atoms with Crippen LogP contribution in [0.15, 0.2) is 113 Å². The minimum Gasteiger partial charge on any atom is -0.489 e. The van der Waals surface area contributed by atoms with Crippen molar-refractivity contribution in [3.05, 3.63) is 120 Å². The number of nitrogens with zero attached hydrogens (tertiary/aromatic N) is 1. The van der Waals surface area contributed by atoms with E-state index in [4.69, 9.17) is 9.15 Å². The van der Waals surface area contributed by atoms with Gasteiger partial charge in [-0.05, 0) is 42.0 Å². The summed E-state index contributed by atoms with van der Waals surface area (Å²) in [5, 5.41) is 0.932. The van der Waals surface area contributed by atoms with Crippen molar-refractivity contribution in [2.24, 2.45) is 4.99 Å². The fourth-order valence-corrected chi connectivity index (χ4v) is 3.53. The molecule has 32 heavy (non-hydrogen) atoms. The molecule has 5 rings (SSSR count). The Labute approximate surface area is 185 Å². The highest BCUT2D eigenvalue weighted by atomic mass is 19.1. The summed E-state index contributed by atoms with van der Waals surface area (Å²) < 4.78 is 25.4. The van der Waals surface area contributed by atoms with E-state index < -0.39 is 0 Å². The van der Waals surface area contributed by atoms with Gasteiger partial charge < -0.3 is 9.15 Å². The van der Waals surface area contributed by atoms with Crippen LogP contribution in [0, 0.1) is 5.82 Å². The Hall–Kier alpha value is -4.18. The molecule has 0 fully saturated rings. The van der Waals surface area contributed by atoms with Crippen LogP contribution in [0.3, 0.4) is 0 Å². The maximum absolute atomic E-state index is 13.2. The second-order valence-corrected chi connectivity index (χ2v) is 7.38. The maximum Gasteiger partial charge on any atom is 0.144 e. The van der Waals surface area contributed by atoms with E-state index in [0.29, 0.717) is 12.3 Å². The van der Waals surface area contributed by atoms with Gasteiger partial charge >= 0.3 is 0 Å². The van der Waals surface area contributed by atoms with E-state index in [-0.39, 0.29) is 5.82 Å². The number of benzene rings is 4. The first-order valence-corrected chi connectivity index (χ1v) is 10.3. The second kappa shape index (κ2) is 8.90. The summed E-state index contributed by atoms with van der Waals surface area (Å²) >= 11 is 0. The van der Waals surface area contributed by atoms with Crippen LogP contribution in [0.5, 0.6) is 5.75 Å². The van der Waals surface area contributed by atoms with Crippen LogP contribution in [0.25, 0.3) is 22.3 Å². The maximum atomic E-state index is 13.2. The molecule has 4 aromatic carbocycles. The van der Waals surface area contributed by atoms with E-state index in [1.807, 2.05) is 78.9 Å². The third kappa shape index (κ3) is 4.30. The lowest BCUT2D eigenvalue weighted by Gasteiger charge is -2.05. The number of aliphatic imine (C=N–C) groups is 1. The molecule has 0 saturated heterocycles. The van der Waals surface area contributed by atoms with Gasteiger partial charge in [-0.1, -0.05) is 60.7 Å². The fraction of sp³-hybridized carbons (Fsp3) is 0.0357. The molecule has 1 aromatic heterocycles. The van der Waals surface area contributed by atoms with Crippen molar-refractivity contribution in [2.75, 3.05) is 0 Å². The number of fused-ring (bicyclic) bond motifs is 1. The van der Waals surface area contributed by atoms with Gasteiger partial charge in [0.25, 0.3) is 0 Å². The minimum absolute atomic E-state index is 0.286. The largest absolute Gasteiger partial charge is 0.489 e.